The van der Waals surface area contributed by atoms with E-state index >= 15 is 0 Å². The molecule has 0 aliphatic heterocycles. The topological polar surface area (TPSA) is 52.3 Å². The summed E-state index contributed by atoms with van der Waals surface area (Å²) in [4.78, 5) is 11.6. The molecular weight excluding hydrogens is 250 g/mol. The van der Waals surface area contributed by atoms with Gasteiger partial charge in [-0.1, -0.05) is 60.7 Å². The maximum Gasteiger partial charge on any atom is 0.221 e. The second-order valence-corrected chi connectivity index (χ2v) is 4.64. The molecule has 2 aromatic carbocycles. The van der Waals surface area contributed by atoms with E-state index in [1.54, 1.807) is 0 Å². The minimum Gasteiger partial charge on any atom is -0.370 e. The smallest absolute Gasteiger partial charge is 0.221 e. The highest BCUT2D eigenvalue weighted by atomic mass is 16.5. The van der Waals surface area contributed by atoms with E-state index < -0.39 is 5.60 Å². The van der Waals surface area contributed by atoms with Gasteiger partial charge < -0.3 is 10.5 Å². The number of ether oxygens (including phenoxy) is 1. The van der Waals surface area contributed by atoms with Crippen molar-refractivity contribution < 1.29 is 9.53 Å². The number of rotatable bonds is 6. The Morgan fingerprint density at radius 2 is 1.45 bits per heavy atom. The summed E-state index contributed by atoms with van der Waals surface area (Å²) in [6.07, 6.45) is 0.120. The summed E-state index contributed by atoms with van der Waals surface area (Å²) >= 11 is 0. The van der Waals surface area contributed by atoms with Crippen LogP contribution >= 0.6 is 0 Å². The fraction of sp³-hybridized carbons (Fsp3) is 0.235. The monoisotopic (exact) mass is 269 g/mol. The van der Waals surface area contributed by atoms with Crippen LogP contribution in [0.5, 0.6) is 0 Å². The van der Waals surface area contributed by atoms with Crippen LogP contribution in [0.25, 0.3) is 0 Å². The molecule has 20 heavy (non-hydrogen) atoms. The van der Waals surface area contributed by atoms with E-state index in [0.29, 0.717) is 6.61 Å². The number of benzene rings is 2. The minimum absolute atomic E-state index is 0.120. The zero-order valence-electron chi connectivity index (χ0n) is 11.6. The predicted octanol–water partition coefficient (Wildman–Crippen LogP) is 2.84. The normalized spacial score (nSPS) is 11.2. The number of nitrogens with two attached hydrogens (primary N) is 1. The standard InChI is InChI=1S/C17H19NO2/c1-2-20-17(13-16(18)19,14-9-5-3-6-10-14)15-11-7-4-8-12-15/h3-12H,2,13H2,1H3,(H2,18,19). The summed E-state index contributed by atoms with van der Waals surface area (Å²) in [6, 6.07) is 19.5. The first-order valence-corrected chi connectivity index (χ1v) is 6.72. The highest BCUT2D eigenvalue weighted by molar-refractivity contribution is 5.76. The Hall–Kier alpha value is -2.13. The van der Waals surface area contributed by atoms with Gasteiger partial charge in [-0.15, -0.1) is 0 Å². The van der Waals surface area contributed by atoms with Gasteiger partial charge in [0.15, 0.2) is 0 Å². The van der Waals surface area contributed by atoms with Gasteiger partial charge in [-0.3, -0.25) is 4.79 Å². The van der Waals surface area contributed by atoms with Gasteiger partial charge in [0, 0.05) is 6.61 Å². The molecule has 0 aliphatic carbocycles. The van der Waals surface area contributed by atoms with E-state index in [0.717, 1.165) is 11.1 Å². The summed E-state index contributed by atoms with van der Waals surface area (Å²) in [5.41, 5.74) is 6.52. The number of hydrogen-bond acceptors (Lipinski definition) is 2. The van der Waals surface area contributed by atoms with E-state index in [9.17, 15) is 4.79 Å². The van der Waals surface area contributed by atoms with Gasteiger partial charge in [0.05, 0.1) is 6.42 Å². The van der Waals surface area contributed by atoms with E-state index in [1.165, 1.54) is 0 Å². The second-order valence-electron chi connectivity index (χ2n) is 4.64. The fourth-order valence-electron chi connectivity index (χ4n) is 2.50. The quantitative estimate of drug-likeness (QED) is 0.876. The Bertz CT molecular complexity index is 512. The van der Waals surface area contributed by atoms with Crippen LogP contribution in [0.3, 0.4) is 0 Å². The van der Waals surface area contributed by atoms with E-state index in [4.69, 9.17) is 10.5 Å². The van der Waals surface area contributed by atoms with Crippen LogP contribution in [0.4, 0.5) is 0 Å². The zero-order chi connectivity index (χ0) is 14.4. The molecule has 2 rings (SSSR count). The maximum absolute atomic E-state index is 11.6. The largest absolute Gasteiger partial charge is 0.370 e. The fourth-order valence-corrected chi connectivity index (χ4v) is 2.50. The van der Waals surface area contributed by atoms with Crippen LogP contribution in [0.1, 0.15) is 24.5 Å². The van der Waals surface area contributed by atoms with Crippen molar-refractivity contribution in [3.05, 3.63) is 71.8 Å². The molecule has 0 saturated carbocycles. The third kappa shape index (κ3) is 2.89. The Morgan fingerprint density at radius 1 is 1.00 bits per heavy atom. The number of amides is 1. The summed E-state index contributed by atoms with van der Waals surface area (Å²) in [6.45, 7) is 2.42. The van der Waals surface area contributed by atoms with Gasteiger partial charge in [-0.25, -0.2) is 0 Å². The van der Waals surface area contributed by atoms with Crippen molar-refractivity contribution in [3.63, 3.8) is 0 Å². The Labute approximate surface area is 119 Å². The molecule has 0 bridgehead atoms. The highest BCUT2D eigenvalue weighted by Crippen LogP contribution is 2.36. The first-order chi connectivity index (χ1) is 9.69. The van der Waals surface area contributed by atoms with Crippen molar-refractivity contribution in [2.45, 2.75) is 18.9 Å². The molecule has 0 radical (unpaired) electrons. The van der Waals surface area contributed by atoms with Crippen molar-refractivity contribution >= 4 is 5.91 Å². The molecule has 104 valence electrons. The Kier molecular flexibility index (Phi) is 4.53. The number of carbonyl (C=O) groups excluding carboxylic acids is 1. The van der Waals surface area contributed by atoms with Crippen LogP contribution < -0.4 is 5.73 Å². The number of primary amides is 1. The zero-order valence-corrected chi connectivity index (χ0v) is 11.6. The molecule has 0 saturated heterocycles. The van der Waals surface area contributed by atoms with Gasteiger partial charge in [0.2, 0.25) is 5.91 Å². The first kappa shape index (κ1) is 14.3. The third-order valence-electron chi connectivity index (χ3n) is 3.29. The molecule has 2 N–H and O–H groups in total. The molecule has 3 nitrogen and oxygen atoms in total. The van der Waals surface area contributed by atoms with Gasteiger partial charge in [0.1, 0.15) is 5.60 Å². The van der Waals surface area contributed by atoms with Crippen molar-refractivity contribution in [1.29, 1.82) is 0 Å². The lowest BCUT2D eigenvalue weighted by Gasteiger charge is -2.34. The molecule has 0 aromatic heterocycles. The third-order valence-corrected chi connectivity index (χ3v) is 3.29. The van der Waals surface area contributed by atoms with Crippen LogP contribution in [0.2, 0.25) is 0 Å². The summed E-state index contributed by atoms with van der Waals surface area (Å²) < 4.78 is 6.01. The number of hydrogen-bond donors (Lipinski definition) is 1. The van der Waals surface area contributed by atoms with Crippen molar-refractivity contribution in [2.75, 3.05) is 6.61 Å². The lowest BCUT2D eigenvalue weighted by molar-refractivity contribution is -0.124. The van der Waals surface area contributed by atoms with Crippen LogP contribution in [-0.2, 0) is 15.1 Å². The molecule has 0 unspecified atom stereocenters. The molecule has 2 aromatic rings. The van der Waals surface area contributed by atoms with Crippen LogP contribution in [0, 0.1) is 0 Å². The van der Waals surface area contributed by atoms with E-state index in [2.05, 4.69) is 0 Å². The Balaban J connectivity index is 2.59. The van der Waals surface area contributed by atoms with Crippen molar-refractivity contribution in [2.24, 2.45) is 5.73 Å². The highest BCUT2D eigenvalue weighted by Gasteiger charge is 2.36. The molecule has 3 heteroatoms. The summed E-state index contributed by atoms with van der Waals surface area (Å²) in [5, 5.41) is 0. The lowest BCUT2D eigenvalue weighted by Crippen LogP contribution is -2.36. The number of carbonyl (C=O) groups is 1. The SMILES string of the molecule is CCOC(CC(N)=O)(c1ccccc1)c1ccccc1. The molecule has 0 atom stereocenters. The van der Waals surface area contributed by atoms with Crippen LogP contribution in [0.15, 0.2) is 60.7 Å². The first-order valence-electron chi connectivity index (χ1n) is 6.72. The summed E-state index contributed by atoms with van der Waals surface area (Å²) in [7, 11) is 0. The molecule has 0 aliphatic rings. The van der Waals surface area contributed by atoms with Gasteiger partial charge in [-0.2, -0.15) is 0 Å². The van der Waals surface area contributed by atoms with Crippen molar-refractivity contribution in [3.8, 4) is 0 Å². The van der Waals surface area contributed by atoms with Gasteiger partial charge in [0.25, 0.3) is 0 Å². The molecule has 0 spiro atoms. The van der Waals surface area contributed by atoms with Gasteiger partial charge >= 0.3 is 0 Å². The van der Waals surface area contributed by atoms with E-state index in [-0.39, 0.29) is 12.3 Å². The Morgan fingerprint density at radius 3 is 1.80 bits per heavy atom. The van der Waals surface area contributed by atoms with Gasteiger partial charge in [-0.05, 0) is 18.1 Å². The predicted molar refractivity (Wildman–Crippen MR) is 79.1 cm³/mol. The van der Waals surface area contributed by atoms with Crippen LogP contribution in [-0.4, -0.2) is 12.5 Å². The molecule has 0 fully saturated rings. The minimum atomic E-state index is -0.816. The average molecular weight is 269 g/mol. The van der Waals surface area contributed by atoms with E-state index in [1.807, 2.05) is 67.6 Å². The maximum atomic E-state index is 11.6. The average Bonchev–Trinajstić information content (AvgIpc) is 2.48. The molecule has 0 heterocycles. The molecule has 1 amide bonds. The molecular formula is C17H19NO2. The lowest BCUT2D eigenvalue weighted by atomic mass is 9.83. The summed E-state index contributed by atoms with van der Waals surface area (Å²) in [5.74, 6) is -0.383. The second kappa shape index (κ2) is 6.35. The van der Waals surface area contributed by atoms with Crippen molar-refractivity contribution in [1.82, 2.24) is 0 Å².